The van der Waals surface area contributed by atoms with Crippen molar-refractivity contribution in [2.45, 2.75) is 0 Å². The van der Waals surface area contributed by atoms with Gasteiger partial charge in [-0.05, 0) is 94.7 Å². The van der Waals surface area contributed by atoms with Crippen LogP contribution in [0.4, 0.5) is 0 Å². The van der Waals surface area contributed by atoms with E-state index >= 15 is 0 Å². The molecule has 0 saturated carbocycles. The average molecular weight is 1470 g/mol. The van der Waals surface area contributed by atoms with Crippen LogP contribution in [0.15, 0.2) is 0 Å². The minimum atomic E-state index is 1.87. The van der Waals surface area contributed by atoms with Crippen LogP contribution in [0.1, 0.15) is 0 Å². The summed E-state index contributed by atoms with van der Waals surface area (Å²) in [7, 11) is 0. The van der Waals surface area contributed by atoms with Crippen molar-refractivity contribution in [3.8, 4) is 710 Å². The summed E-state index contributed by atoms with van der Waals surface area (Å²) in [6, 6.07) is 0. The van der Waals surface area contributed by atoms with E-state index in [1.165, 1.54) is 0 Å². The fraction of sp³-hybridized carbons (Fsp3) is 0. The molecule has 0 aromatic rings. The molecule has 0 bridgehead atoms. The molecule has 0 aromatic carbocycles. The van der Waals surface area contributed by atoms with E-state index < -0.39 is 0 Å². The van der Waals surface area contributed by atoms with Gasteiger partial charge in [-0.3, -0.25) is 11.8 Å². The monoisotopic (exact) mass is 1460 g/mol. The van der Waals surface area contributed by atoms with E-state index in [9.17, 15) is 0 Å². The fourth-order valence-corrected chi connectivity index (χ4v) is 3.69. The predicted molar refractivity (Wildman–Crippen MR) is 473 cm³/mol. The molecule has 0 rings (SSSR count). The van der Waals surface area contributed by atoms with Crippen molar-refractivity contribution in [2.24, 2.45) is 0 Å². The second-order valence-corrected chi connectivity index (χ2v) is 15.0. The van der Waals surface area contributed by atoms with E-state index in [-0.39, 0.29) is 0 Å². The molecule has 0 fully saturated rings. The summed E-state index contributed by atoms with van der Waals surface area (Å²) < 4.78 is 0. The number of hydrogen-bond acceptors (Lipinski definition) is 0. The smallest absolute Gasteiger partial charge is 0 e. The summed E-state index contributed by atoms with van der Waals surface area (Å²) in [5, 5.41) is 0. The Morgan fingerprint density at radius 2 is 0.0656 bits per heavy atom. The summed E-state index contributed by atoms with van der Waals surface area (Å²) in [4.78, 5) is 0. The van der Waals surface area contributed by atoms with Gasteiger partial charge in [0.25, 0.3) is 0 Å². The van der Waals surface area contributed by atoms with Gasteiger partial charge < -0.3 is 12.8 Å². The van der Waals surface area contributed by atoms with Crippen LogP contribution in [0, 0.1) is 723 Å². The molecule has 0 nitrogen and oxygen atoms in total. The fourth-order valence-electron chi connectivity index (χ4n) is 3.69. The third-order valence-corrected chi connectivity index (χ3v) is 7.44. The Bertz CT molecular complexity index is 8150. The normalized spacial score (nSPS) is 3.95. The van der Waals surface area contributed by atoms with Crippen molar-refractivity contribution in [1.29, 1.82) is 0 Å². The van der Waals surface area contributed by atoms with Crippen LogP contribution in [0.2, 0.25) is 0 Å². The Morgan fingerprint density at radius 3 is 0.0902 bits per heavy atom. The van der Waals surface area contributed by atoms with E-state index in [4.69, 9.17) is 12.8 Å². The van der Waals surface area contributed by atoms with Crippen molar-refractivity contribution >= 4 is 0 Å². The minimum absolute atomic E-state index is 1.87. The molecule has 0 atom stereocenters. The van der Waals surface area contributed by atoms with Crippen LogP contribution in [-0.4, -0.2) is 0 Å². The third kappa shape index (κ3) is 93.2. The first-order chi connectivity index (χ1) is 60.9. The number of rotatable bonds is 0. The summed E-state index contributed by atoms with van der Waals surface area (Å²) in [5.74, 6) is 297. The van der Waals surface area contributed by atoms with Gasteiger partial charge in [0, 0.05) is 580 Å². The van der Waals surface area contributed by atoms with Gasteiger partial charge in [0.05, 0.1) is 0 Å². The molecule has 0 spiro atoms. The lowest BCUT2D eigenvalue weighted by atomic mass is 10.4. The van der Waals surface area contributed by atoms with Gasteiger partial charge in [0.1, 0.15) is 0 Å². The molecule has 0 saturated heterocycles. The Kier molecular flexibility index (Phi) is 73.4. The first-order valence-corrected chi connectivity index (χ1v) is 30.2. The molecular weight excluding hydrogens is 1470 g/mol. The molecule has 0 aliphatic rings. The van der Waals surface area contributed by atoms with Crippen LogP contribution >= 0.6 is 0 Å². The van der Waals surface area contributed by atoms with Crippen LogP contribution in [0.25, 0.3) is 0 Å². The molecule has 0 heteroatoms. The maximum Gasteiger partial charge on any atom is 0 e. The van der Waals surface area contributed by atoms with Crippen molar-refractivity contribution in [2.75, 3.05) is 0 Å². The van der Waals surface area contributed by atoms with Gasteiger partial charge in [0.2, 0.25) is 0 Å². The first kappa shape index (κ1) is 95.2. The summed E-state index contributed by atoms with van der Waals surface area (Å²) in [6.07, 6.45) is 13.2. The topological polar surface area (TPSA) is 0 Å². The van der Waals surface area contributed by atoms with E-state index in [0.29, 0.717) is 0 Å². The van der Waals surface area contributed by atoms with E-state index in [0.717, 1.165) is 0 Å². The van der Waals surface area contributed by atoms with Crippen LogP contribution in [0.3, 0.4) is 0 Å². The third-order valence-electron chi connectivity index (χ3n) is 7.44. The Labute approximate surface area is 718 Å². The minimum Gasteiger partial charge on any atom is -0.358 e. The molecule has 0 aromatic heterocycles. The molecule has 122 heavy (non-hydrogen) atoms. The molecule has 0 aliphatic carbocycles. The lowest BCUT2D eigenvalue weighted by Gasteiger charge is -1.63. The van der Waals surface area contributed by atoms with Gasteiger partial charge in [-0.15, -0.1) is 11.8 Å². The maximum atomic E-state index is 6.59. The lowest BCUT2D eigenvalue weighted by molar-refractivity contribution is 2.31. The van der Waals surface area contributed by atoms with Crippen LogP contribution in [-0.2, 0) is 0 Å². The van der Waals surface area contributed by atoms with Crippen LogP contribution in [0.5, 0.6) is 0 Å². The van der Waals surface area contributed by atoms with Gasteiger partial charge in [-0.2, -0.15) is 0 Å². The highest BCUT2D eigenvalue weighted by atomic mass is 13.7. The molecule has 490 valence electrons. The summed E-state index contributed by atoms with van der Waals surface area (Å²) in [6.45, 7) is 0. The zero-order valence-corrected chi connectivity index (χ0v) is 61.0. The zero-order chi connectivity index (χ0) is 86.9. The SMILES string of the molecule is [C-]#CC#CC#CC#CC#CC#CC#CC#CC#CC#CC#CC#CC#CC#CC#CC#CC#CC#CC#CC#CC#CC#CC#CC#CC#CC#CC#CC#CC#CC#CC#CC#CC#CC#CC#CC#CC#CC#CC#CC#CC#CC#CC#CC#CC#CC#CC#CC#CC#CC#CC#CC#CC#CC#CC#CC#CC#CC#CC#CC#CC#[C-]. The lowest BCUT2D eigenvalue weighted by Crippen LogP contribution is -1.57. The van der Waals surface area contributed by atoms with Crippen molar-refractivity contribution < 1.29 is 0 Å². The van der Waals surface area contributed by atoms with Gasteiger partial charge >= 0.3 is 0 Å². The van der Waals surface area contributed by atoms with Gasteiger partial charge in [0.15, 0.2) is 0 Å². The Hall–Kier alpha value is -26.8. The summed E-state index contributed by atoms with van der Waals surface area (Å²) >= 11 is 0. The maximum absolute atomic E-state index is 6.59. The molecule has 0 unspecified atom stereocenters. The first-order valence-electron chi connectivity index (χ1n) is 30.2. The van der Waals surface area contributed by atoms with Gasteiger partial charge in [-0.1, -0.05) is 0 Å². The molecule has 0 aliphatic heterocycles. The Morgan fingerprint density at radius 1 is 0.0410 bits per heavy atom. The molecule has 0 radical (unpaired) electrons. The van der Waals surface area contributed by atoms with E-state index in [1.807, 2.05) is 11.8 Å². The van der Waals surface area contributed by atoms with Gasteiger partial charge in [-0.25, -0.2) is 11.8 Å². The quantitative estimate of drug-likeness (QED) is 0.244. The number of hydrogen-bond donors (Lipinski definition) is 0. The molecular formula is C122-2. The van der Waals surface area contributed by atoms with Crippen LogP contribution < -0.4 is 0 Å². The molecule has 0 amide bonds. The van der Waals surface area contributed by atoms with E-state index in [2.05, 4.69) is 699 Å². The average Bonchev–Trinajstić information content (AvgIpc) is 1.30. The second-order valence-electron chi connectivity index (χ2n) is 15.0. The molecule has 0 N–H and O–H groups in total. The predicted octanol–water partition coefficient (Wildman–Crippen LogP) is 0.367. The standard InChI is InChI=1S/C122/c1-3-5-7-9-11-13-15-17-19-21-23-25-27-29-31-33-35-37-39-41-43-45-47-49-51-53-55-57-59-61-63-65-67-69-71-73-75-77-79-81-83-85-87-89-91-93-95-97-99-101-103-105-107-109-111-113-115-117-119-121-122-120-118-116-114-112-110-108-106-104-102-100-98-96-94-92-90-88-86-84-82-80-78-76-74-72-70-68-66-64-62-60-58-56-54-52-50-48-46-44-42-40-38-36-34-32-30-28-26-24-22-20-18-16-14-12-10-8-6-4-2/q-2. The zero-order valence-electron chi connectivity index (χ0n) is 61.0. The molecule has 0 heterocycles. The van der Waals surface area contributed by atoms with E-state index in [1.54, 1.807) is 0 Å². The van der Waals surface area contributed by atoms with Crippen molar-refractivity contribution in [3.63, 3.8) is 0 Å². The van der Waals surface area contributed by atoms with Crippen molar-refractivity contribution in [1.82, 2.24) is 0 Å². The highest BCUT2D eigenvalue weighted by molar-refractivity contribution is 5.58. The van der Waals surface area contributed by atoms with Crippen molar-refractivity contribution in [3.05, 3.63) is 12.8 Å². The summed E-state index contributed by atoms with van der Waals surface area (Å²) in [5.41, 5.74) is 0. The highest BCUT2D eigenvalue weighted by Gasteiger charge is 1.69. The highest BCUT2D eigenvalue weighted by Crippen LogP contribution is 1.69. The largest absolute Gasteiger partial charge is 0.358 e. The second kappa shape index (κ2) is 94.2. The Balaban J connectivity index is 4.65.